The maximum Gasteiger partial charge on any atom is 0.237 e. The monoisotopic (exact) mass is 233 g/mol. The molecule has 1 saturated heterocycles. The van der Waals surface area contributed by atoms with E-state index >= 15 is 0 Å². The van der Waals surface area contributed by atoms with E-state index in [9.17, 15) is 9.59 Å². The molecule has 3 atom stereocenters. The van der Waals surface area contributed by atoms with Crippen LogP contribution in [0.5, 0.6) is 0 Å². The Morgan fingerprint density at radius 2 is 2.18 bits per heavy atom. The smallest absolute Gasteiger partial charge is 0.237 e. The van der Waals surface area contributed by atoms with Gasteiger partial charge in [0.15, 0.2) is 0 Å². The average molecular weight is 233 g/mol. The first kappa shape index (κ1) is 11.0. The van der Waals surface area contributed by atoms with Crippen LogP contribution in [0.3, 0.4) is 0 Å². The summed E-state index contributed by atoms with van der Waals surface area (Å²) in [7, 11) is 0. The zero-order valence-corrected chi connectivity index (χ0v) is 10.5. The standard InChI is InChI=1S/C14H19NO2/c1-4-5-15-8-9-6-10-13(2,3)7-11(16)14(9,10)12(15)17/h4,9-10H,1,5-8H2,2-3H3/t9-,10?,14+/m1/s1. The van der Waals surface area contributed by atoms with Crippen molar-refractivity contribution >= 4 is 11.7 Å². The molecule has 1 spiro atoms. The van der Waals surface area contributed by atoms with Gasteiger partial charge in [-0.3, -0.25) is 9.59 Å². The first-order chi connectivity index (χ1) is 7.94. The molecule has 0 aromatic rings. The quantitative estimate of drug-likeness (QED) is 0.537. The average Bonchev–Trinajstić information content (AvgIpc) is 2.47. The topological polar surface area (TPSA) is 37.4 Å². The Bertz CT molecular complexity index is 426. The summed E-state index contributed by atoms with van der Waals surface area (Å²) >= 11 is 0. The zero-order valence-electron chi connectivity index (χ0n) is 10.5. The number of ketones is 1. The Morgan fingerprint density at radius 1 is 1.47 bits per heavy atom. The highest BCUT2D eigenvalue weighted by Gasteiger charge is 2.75. The highest BCUT2D eigenvalue weighted by Crippen LogP contribution is 2.68. The first-order valence-corrected chi connectivity index (χ1v) is 6.38. The maximum absolute atomic E-state index is 12.5. The molecule has 0 aromatic heterocycles. The SMILES string of the molecule is C=CCN1C[C@H]2CC3C(C)(C)CC(=O)[C@@]32C1=O. The van der Waals surface area contributed by atoms with Gasteiger partial charge in [-0.05, 0) is 23.7 Å². The lowest BCUT2D eigenvalue weighted by molar-refractivity contribution is -0.154. The highest BCUT2D eigenvalue weighted by atomic mass is 16.2. The second kappa shape index (κ2) is 3.01. The first-order valence-electron chi connectivity index (χ1n) is 6.38. The molecule has 1 unspecified atom stereocenters. The van der Waals surface area contributed by atoms with Crippen LogP contribution in [0.1, 0.15) is 26.7 Å². The summed E-state index contributed by atoms with van der Waals surface area (Å²) in [5.41, 5.74) is -0.625. The molecule has 1 amide bonds. The summed E-state index contributed by atoms with van der Waals surface area (Å²) in [6, 6.07) is 0. The third kappa shape index (κ3) is 1.03. The van der Waals surface area contributed by atoms with Crippen molar-refractivity contribution in [3.8, 4) is 0 Å². The van der Waals surface area contributed by atoms with Gasteiger partial charge in [0.2, 0.25) is 5.91 Å². The second-order valence-corrected chi connectivity index (χ2v) is 6.44. The van der Waals surface area contributed by atoms with Crippen molar-refractivity contribution in [3.63, 3.8) is 0 Å². The van der Waals surface area contributed by atoms with E-state index < -0.39 is 5.41 Å². The van der Waals surface area contributed by atoms with Crippen molar-refractivity contribution in [2.24, 2.45) is 22.7 Å². The van der Waals surface area contributed by atoms with Gasteiger partial charge in [-0.2, -0.15) is 0 Å². The van der Waals surface area contributed by atoms with Crippen LogP contribution in [-0.2, 0) is 9.59 Å². The molecule has 0 aromatic carbocycles. The zero-order chi connectivity index (χ0) is 12.4. The summed E-state index contributed by atoms with van der Waals surface area (Å²) in [6.07, 6.45) is 3.36. The lowest BCUT2D eigenvalue weighted by atomic mass is 9.51. The molecule has 1 aliphatic heterocycles. The number of hydrogen-bond acceptors (Lipinski definition) is 2. The number of likely N-dealkylation sites (tertiary alicyclic amines) is 1. The Hall–Kier alpha value is -1.12. The van der Waals surface area contributed by atoms with Crippen LogP contribution < -0.4 is 0 Å². The molecule has 17 heavy (non-hydrogen) atoms. The molecule has 0 bridgehead atoms. The van der Waals surface area contributed by atoms with Crippen LogP contribution in [0.25, 0.3) is 0 Å². The van der Waals surface area contributed by atoms with Gasteiger partial charge in [0.25, 0.3) is 0 Å². The van der Waals surface area contributed by atoms with Crippen molar-refractivity contribution < 1.29 is 9.59 Å². The van der Waals surface area contributed by atoms with E-state index in [1.54, 1.807) is 6.08 Å². The number of hydrogen-bond donors (Lipinski definition) is 0. The van der Waals surface area contributed by atoms with E-state index in [0.29, 0.717) is 13.0 Å². The summed E-state index contributed by atoms with van der Waals surface area (Å²) in [4.78, 5) is 26.7. The van der Waals surface area contributed by atoms with E-state index in [-0.39, 0.29) is 28.9 Å². The molecular formula is C14H19NO2. The number of carbonyl (C=O) groups is 2. The molecule has 1 heterocycles. The van der Waals surface area contributed by atoms with Gasteiger partial charge >= 0.3 is 0 Å². The summed E-state index contributed by atoms with van der Waals surface area (Å²) < 4.78 is 0. The van der Waals surface area contributed by atoms with E-state index in [1.165, 1.54) is 0 Å². The molecular weight excluding hydrogens is 214 g/mol. The Balaban J connectivity index is 1.99. The van der Waals surface area contributed by atoms with Gasteiger partial charge < -0.3 is 4.90 Å². The normalized spacial score (nSPS) is 42.1. The van der Waals surface area contributed by atoms with E-state index in [1.807, 2.05) is 4.90 Å². The largest absolute Gasteiger partial charge is 0.338 e. The molecule has 3 rings (SSSR count). The number of nitrogens with zero attached hydrogens (tertiary/aromatic N) is 1. The fraction of sp³-hybridized carbons (Fsp3) is 0.714. The third-order valence-electron chi connectivity index (χ3n) is 5.17. The van der Waals surface area contributed by atoms with Crippen molar-refractivity contribution in [3.05, 3.63) is 12.7 Å². The van der Waals surface area contributed by atoms with Crippen LogP contribution in [0.15, 0.2) is 12.7 Å². The number of Topliss-reactive ketones (excluding diaryl/α,β-unsaturated/α-hetero) is 1. The molecule has 2 saturated carbocycles. The predicted molar refractivity (Wildman–Crippen MR) is 64.2 cm³/mol. The lowest BCUT2D eigenvalue weighted by Gasteiger charge is -2.48. The fourth-order valence-electron chi connectivity index (χ4n) is 4.41. The molecule has 2 aliphatic carbocycles. The van der Waals surface area contributed by atoms with Crippen molar-refractivity contribution in [1.29, 1.82) is 0 Å². The van der Waals surface area contributed by atoms with Crippen molar-refractivity contribution in [1.82, 2.24) is 4.90 Å². The summed E-state index contributed by atoms with van der Waals surface area (Å²) in [6.45, 7) is 9.27. The summed E-state index contributed by atoms with van der Waals surface area (Å²) in [5, 5.41) is 0. The summed E-state index contributed by atoms with van der Waals surface area (Å²) in [5.74, 6) is 0.818. The molecule has 3 nitrogen and oxygen atoms in total. The second-order valence-electron chi connectivity index (χ2n) is 6.44. The van der Waals surface area contributed by atoms with Crippen LogP contribution in [0, 0.1) is 22.7 Å². The molecule has 92 valence electrons. The van der Waals surface area contributed by atoms with Gasteiger partial charge in [-0.25, -0.2) is 0 Å². The molecule has 3 aliphatic rings. The molecule has 3 heteroatoms. The fourth-order valence-corrected chi connectivity index (χ4v) is 4.41. The Kier molecular flexibility index (Phi) is 1.94. The number of carbonyl (C=O) groups excluding carboxylic acids is 2. The van der Waals surface area contributed by atoms with Crippen LogP contribution in [0.4, 0.5) is 0 Å². The molecule has 0 radical (unpaired) electrons. The van der Waals surface area contributed by atoms with Gasteiger partial charge in [0.05, 0.1) is 0 Å². The Morgan fingerprint density at radius 3 is 2.76 bits per heavy atom. The highest BCUT2D eigenvalue weighted by molar-refractivity contribution is 6.11. The minimum absolute atomic E-state index is 0.00737. The van der Waals surface area contributed by atoms with Crippen LogP contribution in [0.2, 0.25) is 0 Å². The number of rotatable bonds is 2. The minimum atomic E-state index is -0.632. The van der Waals surface area contributed by atoms with Gasteiger partial charge in [0.1, 0.15) is 11.2 Å². The third-order valence-corrected chi connectivity index (χ3v) is 5.17. The minimum Gasteiger partial charge on any atom is -0.338 e. The molecule has 0 N–H and O–H groups in total. The van der Waals surface area contributed by atoms with Gasteiger partial charge in [-0.1, -0.05) is 19.9 Å². The van der Waals surface area contributed by atoms with Gasteiger partial charge in [0, 0.05) is 19.5 Å². The Labute approximate surface area is 102 Å². The van der Waals surface area contributed by atoms with Crippen molar-refractivity contribution in [2.45, 2.75) is 26.7 Å². The predicted octanol–water partition coefficient (Wildman–Crippen LogP) is 1.64. The van der Waals surface area contributed by atoms with Gasteiger partial charge in [-0.15, -0.1) is 6.58 Å². The number of amides is 1. The van der Waals surface area contributed by atoms with E-state index in [0.717, 1.165) is 13.0 Å². The van der Waals surface area contributed by atoms with Crippen LogP contribution >= 0.6 is 0 Å². The van der Waals surface area contributed by atoms with Crippen molar-refractivity contribution in [2.75, 3.05) is 13.1 Å². The molecule has 3 fully saturated rings. The lowest BCUT2D eigenvalue weighted by Crippen LogP contribution is -2.54. The maximum atomic E-state index is 12.5. The van der Waals surface area contributed by atoms with Crippen LogP contribution in [-0.4, -0.2) is 29.7 Å². The van der Waals surface area contributed by atoms with E-state index in [2.05, 4.69) is 20.4 Å². The van der Waals surface area contributed by atoms with E-state index in [4.69, 9.17) is 0 Å².